The third kappa shape index (κ3) is 10.6. The van der Waals surface area contributed by atoms with Crippen LogP contribution in [0.5, 0.6) is 17.2 Å². The highest BCUT2D eigenvalue weighted by molar-refractivity contribution is 6.00. The van der Waals surface area contributed by atoms with E-state index in [1.807, 2.05) is 60.7 Å². The van der Waals surface area contributed by atoms with Gasteiger partial charge in [-0.2, -0.15) is 0 Å². The van der Waals surface area contributed by atoms with Gasteiger partial charge in [0.15, 0.2) is 0 Å². The van der Waals surface area contributed by atoms with E-state index in [0.29, 0.717) is 23.7 Å². The lowest BCUT2D eigenvalue weighted by molar-refractivity contribution is -0.137. The molecule has 4 amide bonds. The minimum absolute atomic E-state index is 0.00944. The molecule has 3 atom stereocenters. The van der Waals surface area contributed by atoms with Crippen molar-refractivity contribution in [3.8, 4) is 17.2 Å². The highest BCUT2D eigenvalue weighted by atomic mass is 16.5. The summed E-state index contributed by atoms with van der Waals surface area (Å²) in [5.41, 5.74) is 2.11. The number of likely N-dealkylation sites (N-methyl/N-ethyl adjacent to an activating group) is 1. The van der Waals surface area contributed by atoms with Gasteiger partial charge in [0.1, 0.15) is 42.5 Å². The number of nitrogens with zero attached hydrogens (tertiary/aromatic N) is 1. The fraction of sp³-hybridized carbons (Fsp3) is 0.300. The summed E-state index contributed by atoms with van der Waals surface area (Å²) in [6.45, 7) is 0.411. The molecular weight excluding hydrogens is 648 g/mol. The Balaban J connectivity index is 1.37. The average Bonchev–Trinajstić information content (AvgIpc) is 3.16. The smallest absolute Gasteiger partial charge is 0.255 e. The molecule has 1 aliphatic heterocycles. The molecule has 0 bridgehead atoms. The van der Waals surface area contributed by atoms with E-state index in [1.165, 1.54) is 0 Å². The third-order valence-corrected chi connectivity index (χ3v) is 8.70. The van der Waals surface area contributed by atoms with Gasteiger partial charge in [0.25, 0.3) is 5.91 Å². The molecule has 0 spiro atoms. The van der Waals surface area contributed by atoms with Crippen LogP contribution in [0, 0.1) is 0 Å². The van der Waals surface area contributed by atoms with Gasteiger partial charge in [-0.25, -0.2) is 0 Å². The van der Waals surface area contributed by atoms with E-state index in [0.717, 1.165) is 11.1 Å². The minimum Gasteiger partial charge on any atom is -0.497 e. The van der Waals surface area contributed by atoms with Gasteiger partial charge >= 0.3 is 0 Å². The summed E-state index contributed by atoms with van der Waals surface area (Å²) in [6, 6.07) is 30.7. The first-order valence-electron chi connectivity index (χ1n) is 17.0. The average molecular weight is 693 g/mol. The predicted octanol–water partition coefficient (Wildman–Crippen LogP) is 3.96. The van der Waals surface area contributed by atoms with Gasteiger partial charge in [-0.05, 0) is 60.4 Å². The van der Waals surface area contributed by atoms with E-state index in [2.05, 4.69) is 16.0 Å². The van der Waals surface area contributed by atoms with Gasteiger partial charge in [0, 0.05) is 19.9 Å². The molecule has 0 saturated carbocycles. The SMILES string of the molecule is COc1ccc(OCCNC(=O)[C@@H]2CCC(=O)N[C@@H](Cc3ccccc3)C(=O)N(C)[C@H](Cc3ccccc3)COc3ccccc3C(=O)N2)cc1. The molecule has 4 aromatic rings. The number of hydrogen-bond donors (Lipinski definition) is 3. The first-order chi connectivity index (χ1) is 24.8. The topological polar surface area (TPSA) is 135 Å². The number of methoxy groups -OCH3 is 1. The van der Waals surface area contributed by atoms with Crippen molar-refractivity contribution in [2.24, 2.45) is 0 Å². The van der Waals surface area contributed by atoms with Crippen LogP contribution < -0.4 is 30.2 Å². The molecule has 0 fully saturated rings. The Labute approximate surface area is 298 Å². The maximum Gasteiger partial charge on any atom is 0.255 e. The first-order valence-corrected chi connectivity index (χ1v) is 17.0. The standard InChI is InChI=1S/C40H44N4O7/c1-44-30(25-28-11-5-3-6-12-28)27-51-36-16-10-9-15-33(36)38(46)43-34(39(47)41-23-24-50-32-19-17-31(49-2)18-20-32)21-22-37(45)42-35(40(44)48)26-29-13-7-4-8-14-29/h3-20,30,34-35H,21-27H2,1-2H3,(H,41,47)(H,42,45)(H,43,46)/t30-,34+,35+/m1/s1. The summed E-state index contributed by atoms with van der Waals surface area (Å²) in [6.07, 6.45) is 0.624. The van der Waals surface area contributed by atoms with Crippen LogP contribution in [-0.4, -0.2) is 80.6 Å². The minimum atomic E-state index is -1.06. The van der Waals surface area contributed by atoms with Crippen LogP contribution in [0.2, 0.25) is 0 Å². The summed E-state index contributed by atoms with van der Waals surface area (Å²) < 4.78 is 17.2. The van der Waals surface area contributed by atoms with Crippen LogP contribution >= 0.6 is 0 Å². The molecule has 4 aromatic carbocycles. The molecule has 1 aliphatic rings. The van der Waals surface area contributed by atoms with Gasteiger partial charge in [-0.15, -0.1) is 0 Å². The van der Waals surface area contributed by atoms with Crippen LogP contribution in [-0.2, 0) is 27.2 Å². The largest absolute Gasteiger partial charge is 0.497 e. The van der Waals surface area contributed by atoms with Crippen LogP contribution in [0.15, 0.2) is 109 Å². The van der Waals surface area contributed by atoms with E-state index in [4.69, 9.17) is 14.2 Å². The van der Waals surface area contributed by atoms with Crippen molar-refractivity contribution < 1.29 is 33.4 Å². The van der Waals surface area contributed by atoms with Crippen molar-refractivity contribution in [2.75, 3.05) is 33.9 Å². The summed E-state index contributed by atoms with van der Waals surface area (Å²) >= 11 is 0. The van der Waals surface area contributed by atoms with E-state index >= 15 is 0 Å². The van der Waals surface area contributed by atoms with Crippen molar-refractivity contribution in [1.82, 2.24) is 20.9 Å². The number of carbonyl (C=O) groups is 4. The highest BCUT2D eigenvalue weighted by Gasteiger charge is 2.31. The van der Waals surface area contributed by atoms with Crippen molar-refractivity contribution >= 4 is 23.6 Å². The Morgan fingerprint density at radius 3 is 2.14 bits per heavy atom. The summed E-state index contributed by atoms with van der Waals surface area (Å²) in [4.78, 5) is 56.4. The Morgan fingerprint density at radius 2 is 1.45 bits per heavy atom. The van der Waals surface area contributed by atoms with E-state index < -0.39 is 35.8 Å². The second-order valence-corrected chi connectivity index (χ2v) is 12.3. The molecule has 0 radical (unpaired) electrons. The number of nitrogens with one attached hydrogen (secondary N) is 3. The zero-order valence-electron chi connectivity index (χ0n) is 28.9. The maximum atomic E-state index is 14.2. The van der Waals surface area contributed by atoms with E-state index in [9.17, 15) is 19.2 Å². The van der Waals surface area contributed by atoms with Crippen LogP contribution in [0.3, 0.4) is 0 Å². The summed E-state index contributed by atoms with van der Waals surface area (Å²) in [5, 5.41) is 8.54. The molecule has 3 N–H and O–H groups in total. The molecule has 0 aliphatic carbocycles. The zero-order valence-corrected chi connectivity index (χ0v) is 28.9. The Hall–Kier alpha value is -5.84. The van der Waals surface area contributed by atoms with Crippen molar-refractivity contribution in [3.05, 3.63) is 126 Å². The Kier molecular flexibility index (Phi) is 13.0. The van der Waals surface area contributed by atoms with Gasteiger partial charge < -0.3 is 35.1 Å². The monoisotopic (exact) mass is 692 g/mol. The van der Waals surface area contributed by atoms with E-state index in [1.54, 1.807) is 67.6 Å². The van der Waals surface area contributed by atoms with Crippen molar-refractivity contribution in [3.63, 3.8) is 0 Å². The van der Waals surface area contributed by atoms with Gasteiger partial charge in [0.2, 0.25) is 17.7 Å². The molecule has 0 aromatic heterocycles. The lowest BCUT2D eigenvalue weighted by atomic mass is 10.0. The van der Waals surface area contributed by atoms with Crippen LogP contribution in [0.25, 0.3) is 0 Å². The Bertz CT molecular complexity index is 1750. The normalized spacial score (nSPS) is 18.5. The van der Waals surface area contributed by atoms with Gasteiger partial charge in [0.05, 0.1) is 25.3 Å². The van der Waals surface area contributed by atoms with E-state index in [-0.39, 0.29) is 50.5 Å². The molecule has 51 heavy (non-hydrogen) atoms. The number of rotatable bonds is 10. The van der Waals surface area contributed by atoms with Crippen LogP contribution in [0.1, 0.15) is 34.3 Å². The quantitative estimate of drug-likeness (QED) is 0.214. The van der Waals surface area contributed by atoms with Crippen molar-refractivity contribution in [1.29, 1.82) is 0 Å². The molecule has 0 saturated heterocycles. The number of para-hydroxylation sites is 1. The molecule has 266 valence electrons. The van der Waals surface area contributed by atoms with Gasteiger partial charge in [-0.1, -0.05) is 72.8 Å². The second kappa shape index (κ2) is 18.2. The fourth-order valence-electron chi connectivity index (χ4n) is 5.82. The summed E-state index contributed by atoms with van der Waals surface area (Å²) in [7, 11) is 3.29. The third-order valence-electron chi connectivity index (χ3n) is 8.70. The van der Waals surface area contributed by atoms with Crippen LogP contribution in [0.4, 0.5) is 0 Å². The summed E-state index contributed by atoms with van der Waals surface area (Å²) in [5.74, 6) is -0.0819. The van der Waals surface area contributed by atoms with Gasteiger partial charge in [-0.3, -0.25) is 19.2 Å². The maximum absolute atomic E-state index is 14.2. The molecular formula is C40H44N4O7. The lowest BCUT2D eigenvalue weighted by Gasteiger charge is -2.32. The first kappa shape index (κ1) is 36.4. The predicted molar refractivity (Wildman–Crippen MR) is 193 cm³/mol. The number of amides is 4. The highest BCUT2D eigenvalue weighted by Crippen LogP contribution is 2.21. The van der Waals surface area contributed by atoms with Crippen molar-refractivity contribution in [2.45, 2.75) is 43.8 Å². The number of fused-ring (bicyclic) bond motifs is 1. The number of ether oxygens (including phenoxy) is 3. The fourth-order valence-corrected chi connectivity index (χ4v) is 5.82. The molecule has 0 unspecified atom stereocenters. The molecule has 1 heterocycles. The second-order valence-electron chi connectivity index (χ2n) is 12.3. The lowest BCUT2D eigenvalue weighted by Crippen LogP contribution is -2.53. The molecule has 11 heteroatoms. The molecule has 11 nitrogen and oxygen atoms in total. The Morgan fingerprint density at radius 1 is 0.824 bits per heavy atom. The number of benzene rings is 4. The zero-order chi connectivity index (χ0) is 36.0. The number of hydrogen-bond acceptors (Lipinski definition) is 7. The number of carbonyl (C=O) groups excluding carboxylic acids is 4. The molecule has 5 rings (SSSR count).